The molecule has 0 bridgehead atoms. The van der Waals surface area contributed by atoms with Crippen LogP contribution < -0.4 is 5.32 Å². The molecule has 4 nitrogen and oxygen atoms in total. The summed E-state index contributed by atoms with van der Waals surface area (Å²) >= 11 is 0. The van der Waals surface area contributed by atoms with Gasteiger partial charge in [0.2, 0.25) is 0 Å². The molecule has 3 unspecified atom stereocenters. The third-order valence-corrected chi connectivity index (χ3v) is 3.62. The van der Waals surface area contributed by atoms with Gasteiger partial charge >= 0.3 is 0 Å². The summed E-state index contributed by atoms with van der Waals surface area (Å²) in [6, 6.07) is 3.15. The van der Waals surface area contributed by atoms with Gasteiger partial charge in [-0.2, -0.15) is 5.26 Å². The molecule has 0 aromatic heterocycles. The van der Waals surface area contributed by atoms with Crippen LogP contribution in [0.15, 0.2) is 0 Å². The van der Waals surface area contributed by atoms with E-state index in [1.54, 1.807) is 7.11 Å². The Morgan fingerprint density at radius 3 is 2.37 bits per heavy atom. The second-order valence-electron chi connectivity index (χ2n) is 5.56. The van der Waals surface area contributed by atoms with Gasteiger partial charge in [0, 0.05) is 19.2 Å². The minimum atomic E-state index is -0.449. The number of ether oxygens (including phenoxy) is 1. The van der Waals surface area contributed by atoms with Gasteiger partial charge in [-0.15, -0.1) is 0 Å². The van der Waals surface area contributed by atoms with Gasteiger partial charge < -0.3 is 4.74 Å². The fourth-order valence-corrected chi connectivity index (χ4v) is 2.66. The van der Waals surface area contributed by atoms with Crippen molar-refractivity contribution in [2.45, 2.75) is 65.1 Å². The van der Waals surface area contributed by atoms with Gasteiger partial charge in [0.25, 0.3) is 0 Å². The van der Waals surface area contributed by atoms with Crippen LogP contribution in [0.4, 0.5) is 0 Å². The van der Waals surface area contributed by atoms with Gasteiger partial charge in [0.1, 0.15) is 5.54 Å². The lowest BCUT2D eigenvalue weighted by Gasteiger charge is -2.37. The highest BCUT2D eigenvalue weighted by molar-refractivity contribution is 5.05. The fraction of sp³-hybridized carbons (Fsp3) is 0.933. The summed E-state index contributed by atoms with van der Waals surface area (Å²) < 4.78 is 5.24. The van der Waals surface area contributed by atoms with Crippen molar-refractivity contribution in [2.24, 2.45) is 0 Å². The highest BCUT2D eigenvalue weighted by Gasteiger charge is 2.29. The lowest BCUT2D eigenvalue weighted by molar-refractivity contribution is 0.0693. The Bertz CT molecular complexity index is 277. The molecule has 0 rings (SSSR count). The Balaban J connectivity index is 4.60. The molecule has 0 aromatic carbocycles. The average molecular weight is 269 g/mol. The maximum Gasteiger partial charge on any atom is 0.105 e. The molecule has 0 aliphatic heterocycles. The zero-order chi connectivity index (χ0) is 14.9. The first-order valence-electron chi connectivity index (χ1n) is 7.35. The van der Waals surface area contributed by atoms with E-state index in [0.717, 1.165) is 32.5 Å². The minimum Gasteiger partial charge on any atom is -0.383 e. The summed E-state index contributed by atoms with van der Waals surface area (Å²) in [5.41, 5.74) is -0.449. The minimum absolute atomic E-state index is 0.351. The van der Waals surface area contributed by atoms with Crippen molar-refractivity contribution >= 4 is 0 Å². The highest BCUT2D eigenvalue weighted by Crippen LogP contribution is 2.18. The Labute approximate surface area is 119 Å². The van der Waals surface area contributed by atoms with Gasteiger partial charge in [-0.25, -0.2) is 0 Å². The molecule has 19 heavy (non-hydrogen) atoms. The van der Waals surface area contributed by atoms with Crippen molar-refractivity contribution in [3.8, 4) is 6.07 Å². The molecule has 0 aliphatic rings. The van der Waals surface area contributed by atoms with Crippen molar-refractivity contribution in [3.05, 3.63) is 0 Å². The second-order valence-corrected chi connectivity index (χ2v) is 5.56. The number of nitriles is 1. The molecule has 0 radical (unpaired) electrons. The molecule has 0 saturated heterocycles. The number of methoxy groups -OCH3 is 1. The number of likely N-dealkylation sites (N-methyl/N-ethyl adjacent to an activating group) is 1. The SMILES string of the molecule is CCCNC(C)(C#N)CC(C)N(CC)C(C)COC. The fourth-order valence-electron chi connectivity index (χ4n) is 2.66. The van der Waals surface area contributed by atoms with Crippen molar-refractivity contribution < 1.29 is 4.74 Å². The molecule has 0 aliphatic carbocycles. The predicted octanol–water partition coefficient (Wildman–Crippen LogP) is 2.40. The van der Waals surface area contributed by atoms with E-state index in [0.29, 0.717) is 12.1 Å². The van der Waals surface area contributed by atoms with Gasteiger partial charge in [-0.05, 0) is 46.7 Å². The standard InChI is InChI=1S/C15H31N3O/c1-7-9-17-15(5,12-16)10-13(3)18(8-2)14(4)11-19-6/h13-14,17H,7-11H2,1-6H3. The smallest absolute Gasteiger partial charge is 0.105 e. The lowest BCUT2D eigenvalue weighted by Crippen LogP contribution is -2.50. The lowest BCUT2D eigenvalue weighted by atomic mass is 9.93. The molecule has 0 saturated carbocycles. The molecular weight excluding hydrogens is 238 g/mol. The van der Waals surface area contributed by atoms with Crippen LogP contribution in [0.2, 0.25) is 0 Å². The van der Waals surface area contributed by atoms with Gasteiger partial charge in [-0.3, -0.25) is 10.2 Å². The topological polar surface area (TPSA) is 48.3 Å². The van der Waals surface area contributed by atoms with Crippen molar-refractivity contribution in [1.29, 1.82) is 5.26 Å². The van der Waals surface area contributed by atoms with Crippen LogP contribution in [0, 0.1) is 11.3 Å². The molecule has 0 fully saturated rings. The summed E-state index contributed by atoms with van der Waals surface area (Å²) in [6.07, 6.45) is 1.87. The Hall–Kier alpha value is -0.630. The Morgan fingerprint density at radius 2 is 1.95 bits per heavy atom. The first kappa shape index (κ1) is 18.4. The number of nitrogens with one attached hydrogen (secondary N) is 1. The highest BCUT2D eigenvalue weighted by atomic mass is 16.5. The van der Waals surface area contributed by atoms with Crippen LogP contribution in [0.3, 0.4) is 0 Å². The molecule has 4 heteroatoms. The summed E-state index contributed by atoms with van der Waals surface area (Å²) in [5.74, 6) is 0. The molecule has 0 amide bonds. The number of hydrogen-bond donors (Lipinski definition) is 1. The maximum absolute atomic E-state index is 9.40. The maximum atomic E-state index is 9.40. The van der Waals surface area contributed by atoms with Crippen LogP contribution in [-0.4, -0.2) is 49.3 Å². The molecular formula is C15H31N3O. The summed E-state index contributed by atoms with van der Waals surface area (Å²) in [7, 11) is 1.73. The Morgan fingerprint density at radius 1 is 1.32 bits per heavy atom. The predicted molar refractivity (Wildman–Crippen MR) is 80.1 cm³/mol. The molecule has 112 valence electrons. The van der Waals surface area contributed by atoms with E-state index >= 15 is 0 Å². The van der Waals surface area contributed by atoms with Crippen molar-refractivity contribution in [2.75, 3.05) is 26.8 Å². The zero-order valence-corrected chi connectivity index (χ0v) is 13.5. The van der Waals surface area contributed by atoms with Gasteiger partial charge in [0.05, 0.1) is 12.7 Å². The molecule has 3 atom stereocenters. The number of rotatable bonds is 10. The van der Waals surface area contributed by atoms with Crippen LogP contribution in [0.1, 0.15) is 47.5 Å². The second kappa shape index (κ2) is 9.30. The van der Waals surface area contributed by atoms with Gasteiger partial charge in [0.15, 0.2) is 0 Å². The molecule has 0 aromatic rings. The molecule has 0 heterocycles. The largest absolute Gasteiger partial charge is 0.383 e. The van der Waals surface area contributed by atoms with Gasteiger partial charge in [-0.1, -0.05) is 13.8 Å². The van der Waals surface area contributed by atoms with E-state index in [2.05, 4.69) is 44.0 Å². The first-order chi connectivity index (χ1) is 8.94. The van der Waals surface area contributed by atoms with Crippen LogP contribution in [0.25, 0.3) is 0 Å². The number of hydrogen-bond acceptors (Lipinski definition) is 4. The Kier molecular flexibility index (Phi) is 8.99. The first-order valence-corrected chi connectivity index (χ1v) is 7.35. The quantitative estimate of drug-likeness (QED) is 0.661. The van der Waals surface area contributed by atoms with Crippen LogP contribution >= 0.6 is 0 Å². The summed E-state index contributed by atoms with van der Waals surface area (Å²) in [4.78, 5) is 2.40. The van der Waals surface area contributed by atoms with Crippen molar-refractivity contribution in [3.63, 3.8) is 0 Å². The van der Waals surface area contributed by atoms with E-state index in [1.807, 2.05) is 6.92 Å². The van der Waals surface area contributed by atoms with E-state index < -0.39 is 5.54 Å². The zero-order valence-electron chi connectivity index (χ0n) is 13.5. The normalized spacial score (nSPS) is 17.8. The monoisotopic (exact) mass is 269 g/mol. The summed E-state index contributed by atoms with van der Waals surface area (Å²) in [5, 5.41) is 12.8. The third kappa shape index (κ3) is 6.38. The van der Waals surface area contributed by atoms with E-state index in [9.17, 15) is 5.26 Å². The molecule has 0 spiro atoms. The van der Waals surface area contributed by atoms with Crippen LogP contribution in [-0.2, 0) is 4.74 Å². The average Bonchev–Trinajstić information content (AvgIpc) is 2.37. The van der Waals surface area contributed by atoms with E-state index in [-0.39, 0.29) is 0 Å². The molecule has 1 N–H and O–H groups in total. The van der Waals surface area contributed by atoms with E-state index in [4.69, 9.17) is 4.74 Å². The van der Waals surface area contributed by atoms with Crippen LogP contribution in [0.5, 0.6) is 0 Å². The van der Waals surface area contributed by atoms with Crippen molar-refractivity contribution in [1.82, 2.24) is 10.2 Å². The number of nitrogens with zero attached hydrogens (tertiary/aromatic N) is 2. The summed E-state index contributed by atoms with van der Waals surface area (Å²) in [6.45, 7) is 13.2. The van der Waals surface area contributed by atoms with E-state index in [1.165, 1.54) is 0 Å². The third-order valence-electron chi connectivity index (χ3n) is 3.62.